The molecule has 0 aliphatic carbocycles. The monoisotopic (exact) mass is 316 g/mol. The molecule has 21 heavy (non-hydrogen) atoms. The normalized spacial score (nSPS) is 18.6. The second-order valence-corrected chi connectivity index (χ2v) is 7.64. The molecule has 118 valence electrons. The van der Waals surface area contributed by atoms with Crippen LogP contribution in [0.4, 0.5) is 11.5 Å². The van der Waals surface area contributed by atoms with Crippen LogP contribution in [0, 0.1) is 17.0 Å². The molecule has 0 radical (unpaired) electrons. The topological polar surface area (TPSA) is 107 Å². The van der Waals surface area contributed by atoms with Crippen molar-refractivity contribution in [3.8, 4) is 0 Å². The van der Waals surface area contributed by atoms with Gasteiger partial charge in [0.15, 0.2) is 0 Å². The van der Waals surface area contributed by atoms with Crippen LogP contribution in [0.5, 0.6) is 0 Å². The third-order valence-corrected chi connectivity index (χ3v) is 5.32. The maximum absolute atomic E-state index is 11.4. The summed E-state index contributed by atoms with van der Waals surface area (Å²) < 4.78 is 24.5. The smallest absolute Gasteiger partial charge is 0.333 e. The van der Waals surface area contributed by atoms with Gasteiger partial charge in [-0.25, -0.2) is 13.1 Å². The standard InChI is InChI=1S/C12H20N4O4S/c1-3-6-15-12(11(16(17)18)9(2)14-15)13-10-4-7-21(19,20)8-5-10/h10,13H,3-8H2,1-2H3. The molecular formula is C12H20N4O4S. The van der Waals surface area contributed by atoms with Crippen molar-refractivity contribution in [2.45, 2.75) is 45.7 Å². The highest BCUT2D eigenvalue weighted by molar-refractivity contribution is 7.91. The number of anilines is 1. The van der Waals surface area contributed by atoms with Crippen LogP contribution < -0.4 is 5.32 Å². The molecule has 0 atom stereocenters. The number of nitrogens with zero attached hydrogens (tertiary/aromatic N) is 3. The van der Waals surface area contributed by atoms with Crippen molar-refractivity contribution >= 4 is 21.3 Å². The molecule has 1 fully saturated rings. The molecule has 1 aliphatic heterocycles. The first kappa shape index (κ1) is 15.7. The fourth-order valence-corrected chi connectivity index (χ4v) is 4.03. The van der Waals surface area contributed by atoms with Crippen LogP contribution >= 0.6 is 0 Å². The zero-order valence-electron chi connectivity index (χ0n) is 12.2. The van der Waals surface area contributed by atoms with Gasteiger partial charge in [0.05, 0.1) is 16.4 Å². The Morgan fingerprint density at radius 2 is 2.05 bits per heavy atom. The van der Waals surface area contributed by atoms with E-state index in [0.29, 0.717) is 30.9 Å². The Labute approximate surface area is 123 Å². The predicted molar refractivity (Wildman–Crippen MR) is 79.2 cm³/mol. The first-order chi connectivity index (χ1) is 9.84. The van der Waals surface area contributed by atoms with Crippen LogP contribution in [0.3, 0.4) is 0 Å². The molecule has 1 aliphatic rings. The average molecular weight is 316 g/mol. The zero-order chi connectivity index (χ0) is 15.6. The van der Waals surface area contributed by atoms with Gasteiger partial charge in [0.25, 0.3) is 0 Å². The lowest BCUT2D eigenvalue weighted by Gasteiger charge is -2.23. The van der Waals surface area contributed by atoms with Crippen LogP contribution in [-0.2, 0) is 16.4 Å². The number of aromatic nitrogens is 2. The van der Waals surface area contributed by atoms with Gasteiger partial charge in [-0.15, -0.1) is 0 Å². The minimum atomic E-state index is -2.95. The molecule has 0 unspecified atom stereocenters. The molecule has 0 aromatic carbocycles. The van der Waals surface area contributed by atoms with Crippen LogP contribution in [0.15, 0.2) is 0 Å². The van der Waals surface area contributed by atoms with E-state index in [1.807, 2.05) is 6.92 Å². The molecule has 2 heterocycles. The highest BCUT2D eigenvalue weighted by atomic mass is 32.2. The average Bonchev–Trinajstić information content (AvgIpc) is 2.69. The second kappa shape index (κ2) is 6.00. The van der Waals surface area contributed by atoms with Crippen molar-refractivity contribution < 1.29 is 13.3 Å². The highest BCUT2D eigenvalue weighted by Gasteiger charge is 2.29. The predicted octanol–water partition coefficient (Wildman–Crippen LogP) is 1.50. The van der Waals surface area contributed by atoms with Gasteiger partial charge in [-0.05, 0) is 26.2 Å². The van der Waals surface area contributed by atoms with Crippen molar-refractivity contribution in [3.63, 3.8) is 0 Å². The molecule has 0 saturated carbocycles. The lowest BCUT2D eigenvalue weighted by molar-refractivity contribution is -0.384. The molecule has 0 amide bonds. The summed E-state index contributed by atoms with van der Waals surface area (Å²) in [6.07, 6.45) is 1.75. The van der Waals surface area contributed by atoms with Crippen LogP contribution in [0.2, 0.25) is 0 Å². The first-order valence-corrected chi connectivity index (χ1v) is 8.85. The summed E-state index contributed by atoms with van der Waals surface area (Å²) in [5, 5.41) is 18.6. The number of nitro groups is 1. The Bertz CT molecular complexity index is 624. The number of nitrogens with one attached hydrogen (secondary N) is 1. The zero-order valence-corrected chi connectivity index (χ0v) is 13.0. The minimum absolute atomic E-state index is 0.0168. The van der Waals surface area contributed by atoms with E-state index in [0.717, 1.165) is 6.42 Å². The Morgan fingerprint density at radius 1 is 1.43 bits per heavy atom. The van der Waals surface area contributed by atoms with E-state index in [4.69, 9.17) is 0 Å². The van der Waals surface area contributed by atoms with Gasteiger partial charge >= 0.3 is 5.69 Å². The van der Waals surface area contributed by atoms with Crippen LogP contribution in [0.1, 0.15) is 31.9 Å². The third-order valence-electron chi connectivity index (χ3n) is 3.61. The summed E-state index contributed by atoms with van der Waals surface area (Å²) in [6.45, 7) is 4.17. The fourth-order valence-electron chi connectivity index (χ4n) is 2.53. The van der Waals surface area contributed by atoms with E-state index in [-0.39, 0.29) is 23.2 Å². The first-order valence-electron chi connectivity index (χ1n) is 7.03. The van der Waals surface area contributed by atoms with E-state index in [2.05, 4.69) is 10.4 Å². The fraction of sp³-hybridized carbons (Fsp3) is 0.750. The summed E-state index contributed by atoms with van der Waals surface area (Å²) in [5.74, 6) is 0.641. The van der Waals surface area contributed by atoms with Crippen molar-refractivity contribution in [1.82, 2.24) is 9.78 Å². The molecule has 1 saturated heterocycles. The molecule has 0 spiro atoms. The molecule has 1 aromatic heterocycles. The maximum Gasteiger partial charge on any atom is 0.333 e. The van der Waals surface area contributed by atoms with Gasteiger partial charge in [-0.1, -0.05) is 6.92 Å². The van der Waals surface area contributed by atoms with Crippen molar-refractivity contribution in [3.05, 3.63) is 15.8 Å². The van der Waals surface area contributed by atoms with E-state index < -0.39 is 14.8 Å². The molecule has 0 bridgehead atoms. The molecule has 1 N–H and O–H groups in total. The summed E-state index contributed by atoms with van der Waals surface area (Å²) in [4.78, 5) is 10.8. The Hall–Kier alpha value is -1.64. The van der Waals surface area contributed by atoms with Crippen LogP contribution in [0.25, 0.3) is 0 Å². The summed E-state index contributed by atoms with van der Waals surface area (Å²) in [5.41, 5.74) is 0.358. The largest absolute Gasteiger partial charge is 0.362 e. The molecule has 8 nitrogen and oxygen atoms in total. The van der Waals surface area contributed by atoms with Gasteiger partial charge in [-0.3, -0.25) is 10.1 Å². The number of aryl methyl sites for hydroxylation is 2. The number of sulfone groups is 1. The van der Waals surface area contributed by atoms with Gasteiger partial charge in [0.2, 0.25) is 5.82 Å². The third kappa shape index (κ3) is 3.52. The van der Waals surface area contributed by atoms with Gasteiger partial charge in [-0.2, -0.15) is 5.10 Å². The molecular weight excluding hydrogens is 296 g/mol. The molecule has 9 heteroatoms. The van der Waals surface area contributed by atoms with Crippen molar-refractivity contribution in [2.24, 2.45) is 0 Å². The number of hydrogen-bond acceptors (Lipinski definition) is 6. The number of rotatable bonds is 5. The Balaban J connectivity index is 2.24. The van der Waals surface area contributed by atoms with E-state index in [9.17, 15) is 18.5 Å². The Kier molecular flexibility index (Phi) is 4.50. The minimum Gasteiger partial charge on any atom is -0.362 e. The van der Waals surface area contributed by atoms with Gasteiger partial charge in [0, 0.05) is 12.6 Å². The van der Waals surface area contributed by atoms with Gasteiger partial charge < -0.3 is 5.32 Å². The Morgan fingerprint density at radius 3 is 2.57 bits per heavy atom. The number of hydrogen-bond donors (Lipinski definition) is 1. The van der Waals surface area contributed by atoms with E-state index in [1.54, 1.807) is 11.6 Å². The van der Waals surface area contributed by atoms with Crippen molar-refractivity contribution in [2.75, 3.05) is 16.8 Å². The summed E-state index contributed by atoms with van der Waals surface area (Å²) in [7, 11) is -2.95. The quantitative estimate of drug-likeness (QED) is 0.651. The molecule has 2 rings (SSSR count). The van der Waals surface area contributed by atoms with Crippen LogP contribution in [-0.4, -0.2) is 40.7 Å². The van der Waals surface area contributed by atoms with Crippen molar-refractivity contribution in [1.29, 1.82) is 0 Å². The van der Waals surface area contributed by atoms with E-state index >= 15 is 0 Å². The lowest BCUT2D eigenvalue weighted by atomic mass is 10.1. The lowest BCUT2D eigenvalue weighted by Crippen LogP contribution is -2.33. The maximum atomic E-state index is 11.4. The summed E-state index contributed by atoms with van der Waals surface area (Å²) >= 11 is 0. The molecule has 1 aromatic rings. The summed E-state index contributed by atoms with van der Waals surface area (Å²) in [6, 6.07) is -0.0704. The second-order valence-electron chi connectivity index (χ2n) is 5.33. The highest BCUT2D eigenvalue weighted by Crippen LogP contribution is 2.30. The SMILES string of the molecule is CCCn1nc(C)c([N+](=O)[O-])c1NC1CCS(=O)(=O)CC1. The van der Waals surface area contributed by atoms with E-state index in [1.165, 1.54) is 0 Å². The van der Waals surface area contributed by atoms with Gasteiger partial charge in [0.1, 0.15) is 15.5 Å².